The number of phosphoric acid groups is 2. The SMILES string of the molecule is CCC(C)CCCCCCCCC(=O)OC[C@H](COP(=O)(O)OC[C@H](O)COP(=O)(O)OC[C@@H](COC(=O)CCCCCCCCCCCCC(C)C)OC(=O)CCCCCCCCCCCCCCC(C)C)OC(=O)CCCCCCCCCCCCCCCCC(C)C. The number of phosphoric ester groups is 2. The van der Waals surface area contributed by atoms with E-state index in [-0.39, 0.29) is 25.7 Å². The Labute approximate surface area is 581 Å². The lowest BCUT2D eigenvalue weighted by Gasteiger charge is -2.21. The fraction of sp³-hybridized carbons (Fsp3) is 0.947. The topological polar surface area (TPSA) is 237 Å². The highest BCUT2D eigenvalue weighted by molar-refractivity contribution is 7.47. The quantitative estimate of drug-likeness (QED) is 0.0222. The summed E-state index contributed by atoms with van der Waals surface area (Å²) in [6.45, 7) is 14.2. The van der Waals surface area contributed by atoms with Gasteiger partial charge in [0.15, 0.2) is 12.2 Å². The second kappa shape index (κ2) is 65.4. The van der Waals surface area contributed by atoms with E-state index in [4.69, 9.17) is 37.0 Å². The molecule has 19 heteroatoms. The number of esters is 4. The third kappa shape index (κ3) is 69.0. The lowest BCUT2D eigenvalue weighted by Crippen LogP contribution is -2.30. The first-order valence-corrected chi connectivity index (χ1v) is 42.2. The van der Waals surface area contributed by atoms with Gasteiger partial charge in [0.25, 0.3) is 0 Å². The molecule has 0 aromatic carbocycles. The molecule has 0 aliphatic rings. The molecule has 17 nitrogen and oxygen atoms in total. The Morgan fingerprint density at radius 3 is 0.747 bits per heavy atom. The van der Waals surface area contributed by atoms with Crippen LogP contribution in [0.1, 0.15) is 383 Å². The minimum absolute atomic E-state index is 0.106. The van der Waals surface area contributed by atoms with E-state index in [1.54, 1.807) is 0 Å². The number of carbonyl (C=O) groups excluding carboxylic acids is 4. The second-order valence-electron chi connectivity index (χ2n) is 29.1. The molecular formula is C76H148O17P2. The normalized spacial score (nSPS) is 14.4. The summed E-state index contributed by atoms with van der Waals surface area (Å²) >= 11 is 0. The van der Waals surface area contributed by atoms with E-state index in [1.165, 1.54) is 180 Å². The van der Waals surface area contributed by atoms with Crippen molar-refractivity contribution < 1.29 is 80.2 Å². The highest BCUT2D eigenvalue weighted by Gasteiger charge is 2.30. The van der Waals surface area contributed by atoms with E-state index in [2.05, 4.69) is 55.4 Å². The Kier molecular flexibility index (Phi) is 64.0. The zero-order chi connectivity index (χ0) is 70.3. The molecule has 0 aliphatic heterocycles. The van der Waals surface area contributed by atoms with Crippen molar-refractivity contribution in [1.82, 2.24) is 0 Å². The average molecular weight is 1400 g/mol. The number of aliphatic hydroxyl groups excluding tert-OH is 1. The van der Waals surface area contributed by atoms with Gasteiger partial charge in [-0.05, 0) is 49.4 Å². The van der Waals surface area contributed by atoms with Crippen molar-refractivity contribution in [2.24, 2.45) is 23.7 Å². The number of ether oxygens (including phenoxy) is 4. The summed E-state index contributed by atoms with van der Waals surface area (Å²) in [7, 11) is -9.91. The number of hydrogen-bond donors (Lipinski definition) is 3. The summed E-state index contributed by atoms with van der Waals surface area (Å²) < 4.78 is 68.5. The minimum Gasteiger partial charge on any atom is -0.462 e. The van der Waals surface area contributed by atoms with Gasteiger partial charge < -0.3 is 33.8 Å². The van der Waals surface area contributed by atoms with E-state index in [0.29, 0.717) is 25.7 Å². The fourth-order valence-electron chi connectivity index (χ4n) is 11.5. The first-order valence-electron chi connectivity index (χ1n) is 39.2. The monoisotopic (exact) mass is 1400 g/mol. The molecule has 0 aliphatic carbocycles. The first-order chi connectivity index (χ1) is 45.6. The third-order valence-corrected chi connectivity index (χ3v) is 19.8. The van der Waals surface area contributed by atoms with Crippen LogP contribution in [0, 0.1) is 23.7 Å². The van der Waals surface area contributed by atoms with E-state index in [1.807, 2.05) is 0 Å². The van der Waals surface area contributed by atoms with Crippen LogP contribution in [0.25, 0.3) is 0 Å². The number of rotatable bonds is 73. The molecule has 3 unspecified atom stereocenters. The molecule has 0 amide bonds. The van der Waals surface area contributed by atoms with Crippen LogP contribution in [-0.2, 0) is 65.4 Å². The van der Waals surface area contributed by atoms with Crippen molar-refractivity contribution >= 4 is 39.5 Å². The Morgan fingerprint density at radius 1 is 0.295 bits per heavy atom. The summed E-state index contributed by atoms with van der Waals surface area (Å²) in [6.07, 6.45) is 49.9. The Bertz CT molecular complexity index is 1870. The van der Waals surface area contributed by atoms with Crippen molar-refractivity contribution in [3.63, 3.8) is 0 Å². The Hall–Kier alpha value is -1.94. The molecule has 0 spiro atoms. The molecule has 0 saturated heterocycles. The number of carbonyl (C=O) groups is 4. The lowest BCUT2D eigenvalue weighted by molar-refractivity contribution is -0.161. The van der Waals surface area contributed by atoms with Crippen LogP contribution in [-0.4, -0.2) is 96.7 Å². The van der Waals surface area contributed by atoms with Gasteiger partial charge in [0.1, 0.15) is 19.3 Å². The Balaban J connectivity index is 5.25. The predicted molar refractivity (Wildman–Crippen MR) is 386 cm³/mol. The number of unbranched alkanes of at least 4 members (excludes halogenated alkanes) is 38. The second-order valence-corrected chi connectivity index (χ2v) is 32.0. The van der Waals surface area contributed by atoms with Gasteiger partial charge in [-0.3, -0.25) is 37.3 Å². The maximum absolute atomic E-state index is 13.1. The summed E-state index contributed by atoms with van der Waals surface area (Å²) in [6, 6.07) is 0. The highest BCUT2D eigenvalue weighted by atomic mass is 31.2. The van der Waals surface area contributed by atoms with Gasteiger partial charge in [-0.1, -0.05) is 331 Å². The number of hydrogen-bond acceptors (Lipinski definition) is 15. The van der Waals surface area contributed by atoms with Crippen LogP contribution in [0.5, 0.6) is 0 Å². The third-order valence-electron chi connectivity index (χ3n) is 17.9. The molecule has 95 heavy (non-hydrogen) atoms. The van der Waals surface area contributed by atoms with Gasteiger partial charge in [0.2, 0.25) is 0 Å². The van der Waals surface area contributed by atoms with Crippen LogP contribution in [0.2, 0.25) is 0 Å². The summed E-state index contributed by atoms with van der Waals surface area (Å²) in [4.78, 5) is 72.8. The Morgan fingerprint density at radius 2 is 0.505 bits per heavy atom. The van der Waals surface area contributed by atoms with Crippen LogP contribution >= 0.6 is 15.6 Å². The van der Waals surface area contributed by atoms with Crippen LogP contribution in [0.3, 0.4) is 0 Å². The van der Waals surface area contributed by atoms with Gasteiger partial charge in [0, 0.05) is 25.7 Å². The van der Waals surface area contributed by atoms with Crippen LogP contribution in [0.15, 0.2) is 0 Å². The van der Waals surface area contributed by atoms with E-state index >= 15 is 0 Å². The summed E-state index contributed by atoms with van der Waals surface area (Å²) in [5, 5.41) is 10.6. The molecule has 0 rings (SSSR count). The zero-order valence-corrected chi connectivity index (χ0v) is 64.1. The van der Waals surface area contributed by atoms with Crippen LogP contribution < -0.4 is 0 Å². The standard InChI is InChI=1S/C76H148O17P2/c1-9-69(8)55-47-39-34-35-41-49-57-74(79)87-63-72(93-76(81)58-50-42-32-26-18-13-11-10-12-16-22-28-36-44-52-66(2)3)65-91-95(84,85)89-61-70(77)60-88-94(82,83)90-64-71(62-86-73(78)56-48-40-31-25-21-20-24-30-38-46-54-68(6)7)92-75(80)59-51-43-33-27-19-15-14-17-23-29-37-45-53-67(4)5/h66-72,77H,9-65H2,1-8H3,(H,82,83)(H,84,85)/t69?,70-,71-,72-/m1/s1. The predicted octanol–water partition coefficient (Wildman–Crippen LogP) is 22.0. The summed E-state index contributed by atoms with van der Waals surface area (Å²) in [5.41, 5.74) is 0. The first kappa shape index (κ1) is 93.1. The molecular weight excluding hydrogens is 1250 g/mol. The van der Waals surface area contributed by atoms with E-state index in [9.17, 15) is 43.2 Å². The number of aliphatic hydroxyl groups is 1. The van der Waals surface area contributed by atoms with Crippen LogP contribution in [0.4, 0.5) is 0 Å². The van der Waals surface area contributed by atoms with Gasteiger partial charge in [-0.15, -0.1) is 0 Å². The largest absolute Gasteiger partial charge is 0.472 e. The fourth-order valence-corrected chi connectivity index (χ4v) is 13.1. The molecule has 0 fully saturated rings. The van der Waals surface area contributed by atoms with Gasteiger partial charge in [-0.2, -0.15) is 0 Å². The molecule has 0 aromatic heterocycles. The molecule has 0 aromatic rings. The van der Waals surface area contributed by atoms with Gasteiger partial charge in [0.05, 0.1) is 26.4 Å². The molecule has 3 N–H and O–H groups in total. The minimum atomic E-state index is -4.96. The van der Waals surface area contributed by atoms with Crippen molar-refractivity contribution in [1.29, 1.82) is 0 Å². The maximum Gasteiger partial charge on any atom is 0.472 e. The average Bonchev–Trinajstić information content (AvgIpc) is 1.29. The van der Waals surface area contributed by atoms with Gasteiger partial charge >= 0.3 is 39.5 Å². The van der Waals surface area contributed by atoms with Crippen molar-refractivity contribution in [3.8, 4) is 0 Å². The lowest BCUT2D eigenvalue weighted by atomic mass is 10.00. The van der Waals surface area contributed by atoms with E-state index in [0.717, 1.165) is 120 Å². The van der Waals surface area contributed by atoms with Gasteiger partial charge in [-0.25, -0.2) is 9.13 Å². The molecule has 0 radical (unpaired) electrons. The van der Waals surface area contributed by atoms with Crippen molar-refractivity contribution in [3.05, 3.63) is 0 Å². The van der Waals surface area contributed by atoms with Crippen molar-refractivity contribution in [2.75, 3.05) is 39.6 Å². The molecule has 0 saturated carbocycles. The van der Waals surface area contributed by atoms with Crippen molar-refractivity contribution in [2.45, 2.75) is 401 Å². The molecule has 0 bridgehead atoms. The van der Waals surface area contributed by atoms with E-state index < -0.39 is 97.5 Å². The summed E-state index contributed by atoms with van der Waals surface area (Å²) in [5.74, 6) is 0.940. The smallest absolute Gasteiger partial charge is 0.462 e. The maximum atomic E-state index is 13.1. The zero-order valence-electron chi connectivity index (χ0n) is 62.3. The molecule has 564 valence electrons. The molecule has 0 heterocycles. The molecule has 6 atom stereocenters. The highest BCUT2D eigenvalue weighted by Crippen LogP contribution is 2.45.